The number of aryl methyl sites for hydroxylation is 1. The molecule has 2 rings (SSSR count). The highest BCUT2D eigenvalue weighted by Gasteiger charge is 2.08. The Morgan fingerprint density at radius 3 is 2.61 bits per heavy atom. The van der Waals surface area contributed by atoms with Crippen molar-refractivity contribution in [1.29, 1.82) is 0 Å². The molecule has 0 saturated heterocycles. The number of anilines is 2. The molecule has 0 bridgehead atoms. The molecule has 2 aromatic carbocycles. The third-order valence-corrected chi connectivity index (χ3v) is 3.59. The van der Waals surface area contributed by atoms with Crippen LogP contribution in [0.5, 0.6) is 5.75 Å². The average Bonchev–Trinajstić information content (AvgIpc) is 2.54. The van der Waals surface area contributed by atoms with Gasteiger partial charge >= 0.3 is 0 Å². The zero-order valence-electron chi connectivity index (χ0n) is 13.6. The van der Waals surface area contributed by atoms with Gasteiger partial charge in [-0.05, 0) is 49.2 Å². The number of hydrogen-bond acceptors (Lipinski definition) is 4. The van der Waals surface area contributed by atoms with Crippen LogP contribution in [0.15, 0.2) is 42.5 Å². The Balaban J connectivity index is 2.10. The van der Waals surface area contributed by atoms with Crippen LogP contribution in [0.3, 0.4) is 0 Å². The van der Waals surface area contributed by atoms with Gasteiger partial charge in [0.25, 0.3) is 0 Å². The van der Waals surface area contributed by atoms with Crippen molar-refractivity contribution in [2.45, 2.75) is 19.9 Å². The van der Waals surface area contributed by atoms with Crippen molar-refractivity contribution in [1.82, 2.24) is 0 Å². The summed E-state index contributed by atoms with van der Waals surface area (Å²) in [4.78, 5) is 11.2. The lowest BCUT2D eigenvalue weighted by molar-refractivity contribution is -0.118. The van der Waals surface area contributed by atoms with Crippen LogP contribution < -0.4 is 15.4 Å². The first-order chi connectivity index (χ1) is 11.0. The molecule has 0 aromatic heterocycles. The van der Waals surface area contributed by atoms with E-state index in [0.29, 0.717) is 5.69 Å². The number of aliphatic hydroxyl groups excluding tert-OH is 1. The molecule has 1 atom stereocenters. The van der Waals surface area contributed by atoms with E-state index >= 15 is 0 Å². The van der Waals surface area contributed by atoms with Crippen LogP contribution in [-0.4, -0.2) is 24.7 Å². The highest BCUT2D eigenvalue weighted by atomic mass is 16.5. The van der Waals surface area contributed by atoms with E-state index < -0.39 is 12.5 Å². The molecule has 1 amide bonds. The van der Waals surface area contributed by atoms with Gasteiger partial charge < -0.3 is 20.5 Å². The zero-order valence-corrected chi connectivity index (χ0v) is 13.6. The van der Waals surface area contributed by atoms with Gasteiger partial charge in [-0.2, -0.15) is 0 Å². The molecule has 0 saturated carbocycles. The summed E-state index contributed by atoms with van der Waals surface area (Å²) in [6.45, 7) is 3.56. The van der Waals surface area contributed by atoms with E-state index in [9.17, 15) is 4.79 Å². The van der Waals surface area contributed by atoms with Crippen molar-refractivity contribution in [3.8, 4) is 5.75 Å². The fourth-order valence-corrected chi connectivity index (χ4v) is 2.39. The van der Waals surface area contributed by atoms with Crippen LogP contribution in [0.1, 0.15) is 24.1 Å². The monoisotopic (exact) mass is 314 g/mol. The molecule has 0 aliphatic rings. The number of carbonyl (C=O) groups excluding carboxylic acids is 1. The average molecular weight is 314 g/mol. The number of ether oxygens (including phenoxy) is 1. The van der Waals surface area contributed by atoms with Crippen molar-refractivity contribution in [2.75, 3.05) is 24.4 Å². The molecule has 5 heteroatoms. The number of hydrogen-bond donors (Lipinski definition) is 3. The summed E-state index contributed by atoms with van der Waals surface area (Å²) in [6.07, 6.45) is 0. The van der Waals surface area contributed by atoms with Crippen molar-refractivity contribution in [3.05, 3.63) is 53.6 Å². The highest BCUT2D eigenvalue weighted by molar-refractivity contribution is 5.91. The van der Waals surface area contributed by atoms with Crippen molar-refractivity contribution in [2.24, 2.45) is 0 Å². The Morgan fingerprint density at radius 1 is 1.22 bits per heavy atom. The molecule has 0 fully saturated rings. The van der Waals surface area contributed by atoms with Gasteiger partial charge in [0.15, 0.2) is 0 Å². The first-order valence-corrected chi connectivity index (χ1v) is 7.45. The molecule has 0 aliphatic heterocycles. The first-order valence-electron chi connectivity index (χ1n) is 7.45. The van der Waals surface area contributed by atoms with Gasteiger partial charge in [0.1, 0.15) is 12.4 Å². The van der Waals surface area contributed by atoms with E-state index in [2.05, 4.69) is 23.6 Å². The summed E-state index contributed by atoms with van der Waals surface area (Å²) >= 11 is 0. The highest BCUT2D eigenvalue weighted by Crippen LogP contribution is 2.25. The van der Waals surface area contributed by atoms with Crippen molar-refractivity contribution < 1.29 is 14.6 Å². The maximum absolute atomic E-state index is 11.2. The standard InChI is InChI=1S/C18H22N2O3/c1-12-9-14(7-8-17(12)23-3)13(2)19-15-5-4-6-16(10-15)20-18(22)11-21/h4-10,13,19,21H,11H2,1-3H3,(H,20,22)/t13-/m0/s1. The van der Waals surface area contributed by atoms with Gasteiger partial charge in [-0.3, -0.25) is 4.79 Å². The fourth-order valence-electron chi connectivity index (χ4n) is 2.39. The van der Waals surface area contributed by atoms with Crippen LogP contribution in [0.2, 0.25) is 0 Å². The summed E-state index contributed by atoms with van der Waals surface area (Å²) in [7, 11) is 1.66. The lowest BCUT2D eigenvalue weighted by Crippen LogP contribution is -2.15. The largest absolute Gasteiger partial charge is 0.496 e. The number of nitrogens with one attached hydrogen (secondary N) is 2. The SMILES string of the molecule is COc1ccc([C@H](C)Nc2cccc(NC(=O)CO)c2)cc1C. The summed E-state index contributed by atoms with van der Waals surface area (Å²) < 4.78 is 5.28. The fraction of sp³-hybridized carbons (Fsp3) is 0.278. The zero-order chi connectivity index (χ0) is 16.8. The normalized spacial score (nSPS) is 11.7. The Labute approximate surface area is 136 Å². The van der Waals surface area contributed by atoms with Gasteiger partial charge in [-0.1, -0.05) is 18.2 Å². The van der Waals surface area contributed by atoms with E-state index in [-0.39, 0.29) is 6.04 Å². The number of benzene rings is 2. The second kappa shape index (κ2) is 7.65. The molecule has 23 heavy (non-hydrogen) atoms. The van der Waals surface area contributed by atoms with Crippen LogP contribution in [-0.2, 0) is 4.79 Å². The predicted molar refractivity (Wildman–Crippen MR) is 91.9 cm³/mol. The van der Waals surface area contributed by atoms with Crippen LogP contribution in [0, 0.1) is 6.92 Å². The maximum Gasteiger partial charge on any atom is 0.250 e. The smallest absolute Gasteiger partial charge is 0.250 e. The molecule has 0 radical (unpaired) electrons. The Kier molecular flexibility index (Phi) is 5.60. The van der Waals surface area contributed by atoms with Gasteiger partial charge in [0.2, 0.25) is 5.91 Å². The van der Waals surface area contributed by atoms with Gasteiger partial charge in [0, 0.05) is 17.4 Å². The lowest BCUT2D eigenvalue weighted by Gasteiger charge is -2.18. The lowest BCUT2D eigenvalue weighted by atomic mass is 10.0. The minimum atomic E-state index is -0.529. The van der Waals surface area contributed by atoms with E-state index in [0.717, 1.165) is 22.6 Å². The quantitative estimate of drug-likeness (QED) is 0.766. The molecular weight excluding hydrogens is 292 g/mol. The number of amides is 1. The van der Waals surface area contributed by atoms with Crippen LogP contribution in [0.4, 0.5) is 11.4 Å². The van der Waals surface area contributed by atoms with Gasteiger partial charge in [-0.15, -0.1) is 0 Å². The van der Waals surface area contributed by atoms with E-state index in [1.165, 1.54) is 0 Å². The molecule has 0 unspecified atom stereocenters. The third-order valence-electron chi connectivity index (χ3n) is 3.59. The van der Waals surface area contributed by atoms with E-state index in [4.69, 9.17) is 9.84 Å². The number of methoxy groups -OCH3 is 1. The molecule has 3 N–H and O–H groups in total. The first kappa shape index (κ1) is 16.8. The van der Waals surface area contributed by atoms with Crippen molar-refractivity contribution >= 4 is 17.3 Å². The molecular formula is C18H22N2O3. The second-order valence-corrected chi connectivity index (χ2v) is 5.38. The topological polar surface area (TPSA) is 70.6 Å². The maximum atomic E-state index is 11.2. The Hall–Kier alpha value is -2.53. The number of rotatable bonds is 6. The molecule has 5 nitrogen and oxygen atoms in total. The summed E-state index contributed by atoms with van der Waals surface area (Å²) in [6, 6.07) is 13.6. The Bertz CT molecular complexity index is 686. The summed E-state index contributed by atoms with van der Waals surface area (Å²) in [5, 5.41) is 14.8. The van der Waals surface area contributed by atoms with Gasteiger partial charge in [-0.25, -0.2) is 0 Å². The second-order valence-electron chi connectivity index (χ2n) is 5.38. The molecule has 2 aromatic rings. The van der Waals surface area contributed by atoms with Crippen LogP contribution >= 0.6 is 0 Å². The van der Waals surface area contributed by atoms with Crippen LogP contribution in [0.25, 0.3) is 0 Å². The minimum absolute atomic E-state index is 0.100. The van der Waals surface area contributed by atoms with Gasteiger partial charge in [0.05, 0.1) is 7.11 Å². The number of aliphatic hydroxyl groups is 1. The summed E-state index contributed by atoms with van der Waals surface area (Å²) in [5.74, 6) is 0.440. The van der Waals surface area contributed by atoms with E-state index in [1.807, 2.05) is 37.3 Å². The molecule has 0 heterocycles. The molecule has 0 aliphatic carbocycles. The van der Waals surface area contributed by atoms with Crippen molar-refractivity contribution in [3.63, 3.8) is 0 Å². The minimum Gasteiger partial charge on any atom is -0.496 e. The third kappa shape index (κ3) is 4.47. The Morgan fingerprint density at radius 2 is 1.96 bits per heavy atom. The molecule has 122 valence electrons. The molecule has 0 spiro atoms. The van der Waals surface area contributed by atoms with E-state index in [1.54, 1.807) is 13.2 Å². The predicted octanol–water partition coefficient (Wildman–Crippen LogP) is 3.11. The summed E-state index contributed by atoms with van der Waals surface area (Å²) in [5.41, 5.74) is 3.77. The number of carbonyl (C=O) groups is 1.